The van der Waals surface area contributed by atoms with E-state index in [1.807, 2.05) is 29.2 Å². The highest BCUT2D eigenvalue weighted by atomic mass is 16.6. The number of ether oxygens (including phenoxy) is 3. The Morgan fingerprint density at radius 1 is 1.02 bits per heavy atom. The van der Waals surface area contributed by atoms with E-state index in [1.54, 1.807) is 37.4 Å². The highest BCUT2D eigenvalue weighted by Gasteiger charge is 2.46. The molecule has 208 valence electrons. The molecule has 4 atom stereocenters. The molecule has 9 heteroatoms. The quantitative estimate of drug-likeness (QED) is 0.428. The van der Waals surface area contributed by atoms with Gasteiger partial charge in [0, 0.05) is 35.9 Å². The molecule has 0 aromatic heterocycles. The molecule has 40 heavy (non-hydrogen) atoms. The van der Waals surface area contributed by atoms with E-state index in [-0.39, 0.29) is 43.1 Å². The second-order valence-electron chi connectivity index (χ2n) is 10.5. The van der Waals surface area contributed by atoms with Crippen LogP contribution in [-0.4, -0.2) is 60.5 Å². The van der Waals surface area contributed by atoms with Crippen molar-refractivity contribution >= 4 is 23.3 Å². The van der Waals surface area contributed by atoms with Crippen LogP contribution in [0.4, 0.5) is 16.2 Å². The number of carbonyl (C=O) groups is 2. The molecular weight excluding hydrogens is 510 g/mol. The van der Waals surface area contributed by atoms with Gasteiger partial charge in [0.1, 0.15) is 23.7 Å². The number of aliphatic hydroxyl groups excluding tert-OH is 1. The second-order valence-corrected chi connectivity index (χ2v) is 10.5. The molecule has 0 unspecified atom stereocenters. The van der Waals surface area contributed by atoms with Gasteiger partial charge in [-0.3, -0.25) is 4.79 Å². The number of hydrogen-bond acceptors (Lipinski definition) is 6. The van der Waals surface area contributed by atoms with Crippen molar-refractivity contribution in [2.24, 2.45) is 0 Å². The zero-order chi connectivity index (χ0) is 27.6. The van der Waals surface area contributed by atoms with Crippen molar-refractivity contribution in [1.82, 2.24) is 4.90 Å². The first-order chi connectivity index (χ1) is 19.5. The summed E-state index contributed by atoms with van der Waals surface area (Å²) in [6.07, 6.45) is 0.455. The summed E-state index contributed by atoms with van der Waals surface area (Å²) in [7, 11) is 1.59. The number of amides is 3. The Balaban J connectivity index is 1.12. The third-order valence-corrected chi connectivity index (χ3v) is 7.99. The summed E-state index contributed by atoms with van der Waals surface area (Å²) < 4.78 is 17.5. The van der Waals surface area contributed by atoms with Crippen LogP contribution in [0.3, 0.4) is 0 Å². The number of hydrogen-bond donors (Lipinski definition) is 3. The van der Waals surface area contributed by atoms with Gasteiger partial charge < -0.3 is 34.9 Å². The summed E-state index contributed by atoms with van der Waals surface area (Å²) in [4.78, 5) is 27.8. The summed E-state index contributed by atoms with van der Waals surface area (Å²) in [5.41, 5.74) is 4.70. The minimum Gasteiger partial charge on any atom is -0.497 e. The van der Waals surface area contributed by atoms with E-state index in [2.05, 4.69) is 22.8 Å². The van der Waals surface area contributed by atoms with E-state index in [1.165, 1.54) is 11.1 Å². The number of nitrogens with one attached hydrogen (secondary N) is 2. The molecule has 0 bridgehead atoms. The number of anilines is 2. The molecule has 1 saturated heterocycles. The number of carbonyl (C=O) groups excluding carboxylic acids is 2. The lowest BCUT2D eigenvalue weighted by Crippen LogP contribution is -2.48. The monoisotopic (exact) mass is 543 g/mol. The van der Waals surface area contributed by atoms with Crippen molar-refractivity contribution < 1.29 is 28.9 Å². The minimum absolute atomic E-state index is 0.0550. The fourth-order valence-electron chi connectivity index (χ4n) is 5.97. The maximum Gasteiger partial charge on any atom is 0.323 e. The van der Waals surface area contributed by atoms with Crippen molar-refractivity contribution in [3.05, 3.63) is 83.4 Å². The number of aliphatic hydroxyl groups is 1. The molecule has 0 radical (unpaired) electrons. The third-order valence-electron chi connectivity index (χ3n) is 7.99. The predicted molar refractivity (Wildman–Crippen MR) is 150 cm³/mol. The smallest absolute Gasteiger partial charge is 0.323 e. The average molecular weight is 544 g/mol. The number of urea groups is 1. The molecule has 3 aliphatic rings. The molecule has 6 rings (SSSR count). The van der Waals surface area contributed by atoms with Gasteiger partial charge in [-0.2, -0.15) is 0 Å². The summed E-state index contributed by atoms with van der Waals surface area (Å²) in [5, 5.41) is 15.8. The molecule has 3 amide bonds. The largest absolute Gasteiger partial charge is 0.497 e. The Labute approximate surface area is 233 Å². The summed E-state index contributed by atoms with van der Waals surface area (Å²) >= 11 is 0. The lowest BCUT2D eigenvalue weighted by Gasteiger charge is -2.38. The van der Waals surface area contributed by atoms with Crippen LogP contribution in [0.25, 0.3) is 0 Å². The fourth-order valence-corrected chi connectivity index (χ4v) is 5.97. The van der Waals surface area contributed by atoms with Crippen LogP contribution in [0.1, 0.15) is 35.4 Å². The summed E-state index contributed by atoms with van der Waals surface area (Å²) in [5.74, 6) is 1.41. The molecule has 3 aliphatic heterocycles. The van der Waals surface area contributed by atoms with Gasteiger partial charge in [-0.1, -0.05) is 24.3 Å². The maximum absolute atomic E-state index is 13.3. The zero-order valence-electron chi connectivity index (χ0n) is 22.3. The van der Waals surface area contributed by atoms with Crippen LogP contribution in [0, 0.1) is 0 Å². The number of fused-ring (bicyclic) bond motifs is 4. The van der Waals surface area contributed by atoms with Crippen LogP contribution in [0.2, 0.25) is 0 Å². The SMILES string of the molecule is COc1ccc(NC(=O)Nc2ccc3c(c2)[C@@H]2C[C@H](CC(=O)N4CCc5ccccc5C4)O[C@H](CO)[C@@H]2O3)cc1. The Morgan fingerprint density at radius 3 is 2.55 bits per heavy atom. The van der Waals surface area contributed by atoms with E-state index in [9.17, 15) is 14.7 Å². The average Bonchev–Trinajstić information content (AvgIpc) is 3.34. The molecule has 3 heterocycles. The Kier molecular flexibility index (Phi) is 7.32. The standard InChI is InChI=1S/C31H33N3O6/c1-38-23-9-6-21(7-10-23)32-31(37)33-22-8-11-27-25(14-22)26-15-24(39-28(18-35)30(26)40-27)16-29(36)34-13-12-19-4-2-3-5-20(19)17-34/h2-11,14,24,26,28,30,35H,12-13,15-18H2,1H3,(H2,32,33,37)/t24-,26+,28-,30-/m1/s1. The van der Waals surface area contributed by atoms with Crippen molar-refractivity contribution in [2.75, 3.05) is 30.9 Å². The molecule has 3 aromatic carbocycles. The Hall–Kier alpha value is -4.08. The predicted octanol–water partition coefficient (Wildman–Crippen LogP) is 4.31. The van der Waals surface area contributed by atoms with Gasteiger partial charge in [0.15, 0.2) is 0 Å². The summed E-state index contributed by atoms with van der Waals surface area (Å²) in [6, 6.07) is 20.5. The summed E-state index contributed by atoms with van der Waals surface area (Å²) in [6.45, 7) is 1.10. The molecule has 9 nitrogen and oxygen atoms in total. The van der Waals surface area contributed by atoms with Crippen LogP contribution < -0.4 is 20.1 Å². The van der Waals surface area contributed by atoms with Gasteiger partial charge >= 0.3 is 6.03 Å². The van der Waals surface area contributed by atoms with Crippen molar-refractivity contribution in [3.63, 3.8) is 0 Å². The molecule has 3 aromatic rings. The molecular formula is C31H33N3O6. The molecule has 3 N–H and O–H groups in total. The van der Waals surface area contributed by atoms with Crippen LogP contribution in [-0.2, 0) is 22.5 Å². The van der Waals surface area contributed by atoms with Crippen molar-refractivity contribution in [3.8, 4) is 11.5 Å². The first-order valence-corrected chi connectivity index (χ1v) is 13.6. The number of rotatable bonds is 6. The molecule has 0 spiro atoms. The van der Waals surface area contributed by atoms with E-state index in [4.69, 9.17) is 14.2 Å². The Bertz CT molecular complexity index is 1390. The van der Waals surface area contributed by atoms with Crippen LogP contribution >= 0.6 is 0 Å². The third kappa shape index (κ3) is 5.35. The van der Waals surface area contributed by atoms with E-state index in [0.29, 0.717) is 42.4 Å². The van der Waals surface area contributed by atoms with Gasteiger partial charge in [0.05, 0.1) is 26.2 Å². The van der Waals surface area contributed by atoms with E-state index < -0.39 is 6.10 Å². The van der Waals surface area contributed by atoms with Crippen LogP contribution in [0.15, 0.2) is 66.7 Å². The maximum atomic E-state index is 13.3. The van der Waals surface area contributed by atoms with Crippen molar-refractivity contribution in [1.29, 1.82) is 0 Å². The highest BCUT2D eigenvalue weighted by Crippen LogP contribution is 2.47. The zero-order valence-corrected chi connectivity index (χ0v) is 22.3. The normalized spacial score (nSPS) is 22.8. The highest BCUT2D eigenvalue weighted by molar-refractivity contribution is 5.99. The van der Waals surface area contributed by atoms with Crippen molar-refractivity contribution in [2.45, 2.75) is 50.0 Å². The van der Waals surface area contributed by atoms with Gasteiger partial charge in [-0.15, -0.1) is 0 Å². The first-order valence-electron chi connectivity index (χ1n) is 13.6. The second kappa shape index (κ2) is 11.2. The molecule has 0 aliphatic carbocycles. The number of methoxy groups -OCH3 is 1. The number of benzene rings is 3. The molecule has 1 fully saturated rings. The van der Waals surface area contributed by atoms with Gasteiger partial charge in [-0.05, 0) is 66.4 Å². The van der Waals surface area contributed by atoms with Gasteiger partial charge in [0.2, 0.25) is 5.91 Å². The topological polar surface area (TPSA) is 109 Å². The van der Waals surface area contributed by atoms with Gasteiger partial charge in [0.25, 0.3) is 0 Å². The van der Waals surface area contributed by atoms with Gasteiger partial charge in [-0.25, -0.2) is 4.79 Å². The van der Waals surface area contributed by atoms with Crippen LogP contribution in [0.5, 0.6) is 11.5 Å². The van der Waals surface area contributed by atoms with E-state index >= 15 is 0 Å². The lowest BCUT2D eigenvalue weighted by molar-refractivity contribution is -0.149. The van der Waals surface area contributed by atoms with E-state index in [0.717, 1.165) is 12.0 Å². The lowest BCUT2D eigenvalue weighted by atomic mass is 9.84. The molecule has 0 saturated carbocycles. The Morgan fingerprint density at radius 2 is 1.77 bits per heavy atom. The fraction of sp³-hybridized carbons (Fsp3) is 0.355. The number of nitrogens with zero attached hydrogens (tertiary/aromatic N) is 1. The minimum atomic E-state index is -0.541. The first kappa shape index (κ1) is 26.2.